The van der Waals surface area contributed by atoms with Gasteiger partial charge >= 0.3 is 0 Å². The fourth-order valence-corrected chi connectivity index (χ4v) is 4.81. The van der Waals surface area contributed by atoms with E-state index in [0.717, 1.165) is 55.3 Å². The highest BCUT2D eigenvalue weighted by molar-refractivity contribution is 7.18. The van der Waals surface area contributed by atoms with Gasteiger partial charge in [-0.3, -0.25) is 0 Å². The Hall–Kier alpha value is -1.54. The van der Waals surface area contributed by atoms with Crippen LogP contribution in [0, 0.1) is 0 Å². The Morgan fingerprint density at radius 1 is 1.21 bits per heavy atom. The van der Waals surface area contributed by atoms with E-state index in [0.29, 0.717) is 0 Å². The number of hydrogen-bond donors (Lipinski definition) is 2. The van der Waals surface area contributed by atoms with E-state index in [1.54, 1.807) is 33.9 Å². The number of fused-ring (bicyclic) bond motifs is 1. The van der Waals surface area contributed by atoms with Crippen molar-refractivity contribution < 1.29 is 9.64 Å². The molecule has 0 bridgehead atoms. The summed E-state index contributed by atoms with van der Waals surface area (Å²) in [4.78, 5) is 12.9. The zero-order valence-corrected chi connectivity index (χ0v) is 15.1. The van der Waals surface area contributed by atoms with Crippen LogP contribution in [-0.4, -0.2) is 49.4 Å². The minimum absolute atomic E-state index is 0.897. The summed E-state index contributed by atoms with van der Waals surface area (Å²) >= 11 is 3.45. The Balaban J connectivity index is 1.45. The van der Waals surface area contributed by atoms with Gasteiger partial charge in [-0.25, -0.2) is 9.97 Å². The van der Waals surface area contributed by atoms with Crippen molar-refractivity contribution in [3.8, 4) is 10.4 Å². The van der Waals surface area contributed by atoms with E-state index in [-0.39, 0.29) is 0 Å². The van der Waals surface area contributed by atoms with E-state index in [2.05, 4.69) is 38.2 Å². The topological polar surface area (TPSA) is 51.5 Å². The lowest BCUT2D eigenvalue weighted by atomic mass is 10.2. The third-order valence-corrected chi connectivity index (χ3v) is 6.15. The molecule has 3 aromatic heterocycles. The van der Waals surface area contributed by atoms with Gasteiger partial charge in [-0.1, -0.05) is 6.07 Å². The van der Waals surface area contributed by atoms with Crippen LogP contribution in [0.15, 0.2) is 29.2 Å². The Morgan fingerprint density at radius 3 is 2.96 bits per heavy atom. The number of nitrogens with zero attached hydrogens (tertiary/aromatic N) is 2. The zero-order valence-electron chi connectivity index (χ0n) is 13.5. The molecular weight excluding hydrogens is 340 g/mol. The molecule has 24 heavy (non-hydrogen) atoms. The summed E-state index contributed by atoms with van der Waals surface area (Å²) in [5.74, 6) is 0.960. The second kappa shape index (κ2) is 7.57. The van der Waals surface area contributed by atoms with Crippen LogP contribution in [0.2, 0.25) is 0 Å². The van der Waals surface area contributed by atoms with Crippen molar-refractivity contribution in [1.82, 2.24) is 9.97 Å². The number of nitrogens with one attached hydrogen (secondary N) is 2. The molecule has 0 aliphatic carbocycles. The number of morpholine rings is 1. The molecule has 0 atom stereocenters. The van der Waals surface area contributed by atoms with Gasteiger partial charge in [-0.05, 0) is 11.4 Å². The maximum absolute atomic E-state index is 5.41. The average molecular weight is 362 g/mol. The molecule has 5 nitrogen and oxygen atoms in total. The van der Waals surface area contributed by atoms with E-state index in [1.165, 1.54) is 17.0 Å². The minimum Gasteiger partial charge on any atom is -0.370 e. The zero-order chi connectivity index (χ0) is 16.2. The fourth-order valence-electron chi connectivity index (χ4n) is 3.08. The molecule has 1 aliphatic heterocycles. The second-order valence-corrected chi connectivity index (χ2v) is 7.73. The van der Waals surface area contributed by atoms with Gasteiger partial charge < -0.3 is 15.0 Å². The molecule has 126 valence electrons. The first-order valence-corrected chi connectivity index (χ1v) is 10.1. The van der Waals surface area contributed by atoms with Crippen LogP contribution in [0.5, 0.6) is 0 Å². The van der Waals surface area contributed by atoms with Gasteiger partial charge in [0.05, 0.1) is 25.1 Å². The van der Waals surface area contributed by atoms with Gasteiger partial charge in [0.25, 0.3) is 0 Å². The third-order valence-electron chi connectivity index (χ3n) is 4.36. The van der Waals surface area contributed by atoms with Gasteiger partial charge in [0.1, 0.15) is 30.1 Å². The highest BCUT2D eigenvalue weighted by Gasteiger charge is 2.15. The predicted octanol–water partition coefficient (Wildman–Crippen LogP) is 2.14. The molecule has 1 fully saturated rings. The smallest absolute Gasteiger partial charge is 0.138 e. The van der Waals surface area contributed by atoms with Crippen molar-refractivity contribution in [2.75, 3.05) is 44.7 Å². The average Bonchev–Trinajstić information content (AvgIpc) is 3.29. The molecule has 0 aromatic carbocycles. The summed E-state index contributed by atoms with van der Waals surface area (Å²) in [6, 6.07) is 4.25. The SMILES string of the molecule is c1csc(-c2csc3ncnc(NCCC[NH+]4CCOCC4)c23)c1. The molecule has 0 unspecified atom stereocenters. The number of hydrogen-bond acceptors (Lipinski definition) is 6. The number of thiophene rings is 2. The molecule has 7 heteroatoms. The van der Waals surface area contributed by atoms with Crippen molar-refractivity contribution in [2.45, 2.75) is 6.42 Å². The summed E-state index contributed by atoms with van der Waals surface area (Å²) in [7, 11) is 0. The summed E-state index contributed by atoms with van der Waals surface area (Å²) in [5, 5.41) is 8.99. The highest BCUT2D eigenvalue weighted by atomic mass is 32.1. The van der Waals surface area contributed by atoms with E-state index in [4.69, 9.17) is 4.74 Å². The van der Waals surface area contributed by atoms with Crippen molar-refractivity contribution in [1.29, 1.82) is 0 Å². The van der Waals surface area contributed by atoms with Crippen molar-refractivity contribution in [3.05, 3.63) is 29.2 Å². The van der Waals surface area contributed by atoms with Gasteiger partial charge in [0.15, 0.2) is 0 Å². The van der Waals surface area contributed by atoms with Gasteiger partial charge in [-0.2, -0.15) is 0 Å². The van der Waals surface area contributed by atoms with Crippen LogP contribution >= 0.6 is 22.7 Å². The van der Waals surface area contributed by atoms with Crippen molar-refractivity contribution >= 4 is 38.7 Å². The van der Waals surface area contributed by atoms with Crippen LogP contribution in [0.25, 0.3) is 20.7 Å². The quantitative estimate of drug-likeness (QED) is 0.661. The molecule has 1 saturated heterocycles. The molecule has 4 heterocycles. The van der Waals surface area contributed by atoms with Crippen LogP contribution in [-0.2, 0) is 4.74 Å². The number of aromatic nitrogens is 2. The van der Waals surface area contributed by atoms with E-state index in [9.17, 15) is 0 Å². The Morgan fingerprint density at radius 2 is 2.12 bits per heavy atom. The van der Waals surface area contributed by atoms with Crippen LogP contribution in [0.4, 0.5) is 5.82 Å². The molecule has 3 aromatic rings. The second-order valence-electron chi connectivity index (χ2n) is 5.92. The standard InChI is InChI=1S/C17H20N4OS2/c1-3-14(23-10-1)13-11-24-17-15(13)16(19-12-20-17)18-4-2-5-21-6-8-22-9-7-21/h1,3,10-12H,2,4-9H2,(H,18,19,20)/p+1. The molecule has 0 spiro atoms. The van der Waals surface area contributed by atoms with E-state index < -0.39 is 0 Å². The monoisotopic (exact) mass is 361 g/mol. The molecule has 0 saturated carbocycles. The largest absolute Gasteiger partial charge is 0.370 e. The lowest BCUT2D eigenvalue weighted by Crippen LogP contribution is -3.14. The first-order valence-electron chi connectivity index (χ1n) is 8.33. The normalized spacial score (nSPS) is 15.8. The number of rotatable bonds is 6. The van der Waals surface area contributed by atoms with Crippen LogP contribution < -0.4 is 10.2 Å². The van der Waals surface area contributed by atoms with Crippen molar-refractivity contribution in [2.24, 2.45) is 0 Å². The number of ether oxygens (including phenoxy) is 1. The molecular formula is C17H21N4OS2+. The number of anilines is 1. The Labute approximate surface area is 149 Å². The molecule has 0 radical (unpaired) electrons. The van der Waals surface area contributed by atoms with Gasteiger partial charge in [0, 0.05) is 28.8 Å². The van der Waals surface area contributed by atoms with Crippen LogP contribution in [0.1, 0.15) is 6.42 Å². The van der Waals surface area contributed by atoms with Crippen molar-refractivity contribution in [3.63, 3.8) is 0 Å². The molecule has 1 aliphatic rings. The predicted molar refractivity (Wildman–Crippen MR) is 100 cm³/mol. The molecule has 2 N–H and O–H groups in total. The van der Waals surface area contributed by atoms with Gasteiger partial charge in [0.2, 0.25) is 0 Å². The molecule has 0 amide bonds. The Bertz CT molecular complexity index is 781. The first-order chi connectivity index (χ1) is 11.9. The fraction of sp³-hybridized carbons (Fsp3) is 0.412. The summed E-state index contributed by atoms with van der Waals surface area (Å²) in [5.41, 5.74) is 1.24. The minimum atomic E-state index is 0.897. The highest BCUT2D eigenvalue weighted by Crippen LogP contribution is 2.38. The maximum Gasteiger partial charge on any atom is 0.138 e. The summed E-state index contributed by atoms with van der Waals surface area (Å²) in [6.07, 6.45) is 2.80. The van der Waals surface area contributed by atoms with E-state index >= 15 is 0 Å². The lowest BCUT2D eigenvalue weighted by Gasteiger charge is -2.23. The first kappa shape index (κ1) is 16.0. The molecule has 4 rings (SSSR count). The summed E-state index contributed by atoms with van der Waals surface area (Å²) < 4.78 is 5.41. The Kier molecular flexibility index (Phi) is 5.03. The number of quaternary nitrogens is 1. The lowest BCUT2D eigenvalue weighted by molar-refractivity contribution is -0.908. The van der Waals surface area contributed by atoms with Gasteiger partial charge in [-0.15, -0.1) is 22.7 Å². The third kappa shape index (κ3) is 3.44. The summed E-state index contributed by atoms with van der Waals surface area (Å²) in [6.45, 7) is 6.18. The van der Waals surface area contributed by atoms with E-state index in [1.807, 2.05) is 0 Å². The van der Waals surface area contributed by atoms with Crippen LogP contribution in [0.3, 0.4) is 0 Å². The maximum atomic E-state index is 5.41.